The molecule has 1 N–H and O–H groups in total. The standard InChI is InChI=1S/C12H14Cl2N2O2/c13-10-5-9(6-11(14)7-10)8-15-1-3-16(4-2-15)12(17)18/h5-7H,1-4,8H2,(H,17,18). The summed E-state index contributed by atoms with van der Waals surface area (Å²) in [5, 5.41) is 10.1. The topological polar surface area (TPSA) is 43.8 Å². The molecule has 2 rings (SSSR count). The number of amides is 1. The lowest BCUT2D eigenvalue weighted by Crippen LogP contribution is -2.47. The van der Waals surface area contributed by atoms with Crippen LogP contribution in [0.3, 0.4) is 0 Å². The Hall–Kier alpha value is -0.970. The van der Waals surface area contributed by atoms with E-state index in [0.29, 0.717) is 23.1 Å². The van der Waals surface area contributed by atoms with Gasteiger partial charge in [0.25, 0.3) is 0 Å². The molecule has 0 atom stereocenters. The molecule has 1 saturated heterocycles. The van der Waals surface area contributed by atoms with Gasteiger partial charge in [0.1, 0.15) is 0 Å². The molecule has 0 saturated carbocycles. The van der Waals surface area contributed by atoms with Gasteiger partial charge in [-0.3, -0.25) is 4.90 Å². The lowest BCUT2D eigenvalue weighted by molar-refractivity contribution is 0.103. The number of hydrogen-bond acceptors (Lipinski definition) is 2. The second-order valence-electron chi connectivity index (χ2n) is 4.32. The number of halogens is 2. The van der Waals surface area contributed by atoms with Crippen molar-refractivity contribution in [2.24, 2.45) is 0 Å². The van der Waals surface area contributed by atoms with E-state index in [1.54, 1.807) is 6.07 Å². The van der Waals surface area contributed by atoms with Crippen LogP contribution in [0.25, 0.3) is 0 Å². The fraction of sp³-hybridized carbons (Fsp3) is 0.417. The van der Waals surface area contributed by atoms with Gasteiger partial charge in [-0.1, -0.05) is 23.2 Å². The molecule has 0 aliphatic carbocycles. The number of carboxylic acid groups (broad SMARTS) is 1. The Morgan fingerprint density at radius 1 is 1.11 bits per heavy atom. The minimum Gasteiger partial charge on any atom is -0.465 e. The Labute approximate surface area is 116 Å². The molecule has 98 valence electrons. The highest BCUT2D eigenvalue weighted by molar-refractivity contribution is 6.34. The van der Waals surface area contributed by atoms with Crippen LogP contribution in [-0.4, -0.2) is 47.2 Å². The summed E-state index contributed by atoms with van der Waals surface area (Å²) in [6, 6.07) is 5.48. The van der Waals surface area contributed by atoms with E-state index in [0.717, 1.165) is 25.2 Å². The third kappa shape index (κ3) is 3.51. The fourth-order valence-electron chi connectivity index (χ4n) is 2.06. The zero-order valence-corrected chi connectivity index (χ0v) is 11.3. The lowest BCUT2D eigenvalue weighted by atomic mass is 10.2. The van der Waals surface area contributed by atoms with Crippen molar-refractivity contribution in [3.05, 3.63) is 33.8 Å². The Morgan fingerprint density at radius 3 is 2.17 bits per heavy atom. The maximum absolute atomic E-state index is 10.8. The minimum atomic E-state index is -0.847. The zero-order chi connectivity index (χ0) is 13.1. The SMILES string of the molecule is O=C(O)N1CCN(Cc2cc(Cl)cc(Cl)c2)CC1. The van der Waals surface area contributed by atoms with Crippen molar-refractivity contribution in [2.75, 3.05) is 26.2 Å². The highest BCUT2D eigenvalue weighted by Crippen LogP contribution is 2.20. The van der Waals surface area contributed by atoms with E-state index in [9.17, 15) is 4.79 Å². The second kappa shape index (κ2) is 5.78. The number of benzene rings is 1. The van der Waals surface area contributed by atoms with E-state index in [2.05, 4.69) is 4.90 Å². The third-order valence-electron chi connectivity index (χ3n) is 2.97. The molecule has 0 bridgehead atoms. The zero-order valence-electron chi connectivity index (χ0n) is 9.77. The normalized spacial score (nSPS) is 16.9. The number of carbonyl (C=O) groups is 1. The van der Waals surface area contributed by atoms with Crippen LogP contribution in [0.15, 0.2) is 18.2 Å². The maximum atomic E-state index is 10.8. The van der Waals surface area contributed by atoms with E-state index in [1.165, 1.54) is 4.90 Å². The molecule has 0 aromatic heterocycles. The maximum Gasteiger partial charge on any atom is 0.407 e. The van der Waals surface area contributed by atoms with Gasteiger partial charge in [0, 0.05) is 42.8 Å². The first-order valence-corrected chi connectivity index (χ1v) is 6.45. The van der Waals surface area contributed by atoms with Gasteiger partial charge in [0.15, 0.2) is 0 Å². The highest BCUT2D eigenvalue weighted by Gasteiger charge is 2.20. The first kappa shape index (κ1) is 13.5. The molecule has 1 aromatic rings. The molecule has 0 spiro atoms. The van der Waals surface area contributed by atoms with Crippen molar-refractivity contribution in [2.45, 2.75) is 6.54 Å². The summed E-state index contributed by atoms with van der Waals surface area (Å²) in [7, 11) is 0. The van der Waals surface area contributed by atoms with E-state index in [4.69, 9.17) is 28.3 Å². The molecule has 6 heteroatoms. The number of piperazine rings is 1. The van der Waals surface area contributed by atoms with Gasteiger partial charge in [-0.05, 0) is 23.8 Å². The Kier molecular flexibility index (Phi) is 4.32. The quantitative estimate of drug-likeness (QED) is 0.910. The summed E-state index contributed by atoms with van der Waals surface area (Å²) in [5.41, 5.74) is 1.05. The monoisotopic (exact) mass is 288 g/mol. The van der Waals surface area contributed by atoms with Crippen LogP contribution in [0.4, 0.5) is 4.79 Å². The third-order valence-corrected chi connectivity index (χ3v) is 3.41. The van der Waals surface area contributed by atoms with Crippen molar-refractivity contribution in [3.63, 3.8) is 0 Å². The summed E-state index contributed by atoms with van der Waals surface area (Å²) in [6.45, 7) is 3.30. The Balaban J connectivity index is 1.93. The molecule has 1 aliphatic heterocycles. The van der Waals surface area contributed by atoms with Gasteiger partial charge in [0.2, 0.25) is 0 Å². The molecule has 1 heterocycles. The molecular formula is C12H14Cl2N2O2. The van der Waals surface area contributed by atoms with E-state index in [-0.39, 0.29) is 0 Å². The lowest BCUT2D eigenvalue weighted by Gasteiger charge is -2.33. The molecule has 1 fully saturated rings. The van der Waals surface area contributed by atoms with Crippen LogP contribution >= 0.6 is 23.2 Å². The number of rotatable bonds is 2. The van der Waals surface area contributed by atoms with Crippen LogP contribution in [0.1, 0.15) is 5.56 Å². The van der Waals surface area contributed by atoms with Crippen LogP contribution in [0.2, 0.25) is 10.0 Å². The predicted octanol–water partition coefficient (Wildman–Crippen LogP) is 2.79. The number of nitrogens with zero attached hydrogens (tertiary/aromatic N) is 2. The molecule has 1 aromatic carbocycles. The molecule has 1 amide bonds. The molecule has 1 aliphatic rings. The van der Waals surface area contributed by atoms with Crippen LogP contribution in [-0.2, 0) is 6.54 Å². The molecular weight excluding hydrogens is 275 g/mol. The van der Waals surface area contributed by atoms with Crippen molar-refractivity contribution in [1.82, 2.24) is 9.80 Å². The fourth-order valence-corrected chi connectivity index (χ4v) is 2.63. The Morgan fingerprint density at radius 2 is 1.67 bits per heavy atom. The summed E-state index contributed by atoms with van der Waals surface area (Å²) >= 11 is 11.9. The van der Waals surface area contributed by atoms with Gasteiger partial charge in [0.05, 0.1) is 0 Å². The smallest absolute Gasteiger partial charge is 0.407 e. The van der Waals surface area contributed by atoms with Crippen molar-refractivity contribution in [3.8, 4) is 0 Å². The van der Waals surface area contributed by atoms with Gasteiger partial charge in [-0.15, -0.1) is 0 Å². The van der Waals surface area contributed by atoms with Gasteiger partial charge < -0.3 is 10.0 Å². The second-order valence-corrected chi connectivity index (χ2v) is 5.20. The average molecular weight is 289 g/mol. The highest BCUT2D eigenvalue weighted by atomic mass is 35.5. The van der Waals surface area contributed by atoms with Gasteiger partial charge in [-0.25, -0.2) is 4.79 Å². The van der Waals surface area contributed by atoms with Crippen LogP contribution < -0.4 is 0 Å². The van der Waals surface area contributed by atoms with Gasteiger partial charge in [-0.2, -0.15) is 0 Å². The largest absolute Gasteiger partial charge is 0.465 e. The minimum absolute atomic E-state index is 0.545. The summed E-state index contributed by atoms with van der Waals surface area (Å²) in [6.07, 6.45) is -0.847. The van der Waals surface area contributed by atoms with Gasteiger partial charge >= 0.3 is 6.09 Å². The Bertz CT molecular complexity index is 425. The average Bonchev–Trinajstić information content (AvgIpc) is 2.28. The summed E-state index contributed by atoms with van der Waals surface area (Å²) in [4.78, 5) is 14.4. The van der Waals surface area contributed by atoms with Crippen LogP contribution in [0, 0.1) is 0 Å². The summed E-state index contributed by atoms with van der Waals surface area (Å²) < 4.78 is 0. The van der Waals surface area contributed by atoms with Crippen molar-refractivity contribution in [1.29, 1.82) is 0 Å². The first-order valence-electron chi connectivity index (χ1n) is 5.70. The molecule has 18 heavy (non-hydrogen) atoms. The van der Waals surface area contributed by atoms with E-state index >= 15 is 0 Å². The first-order chi connectivity index (χ1) is 8.54. The van der Waals surface area contributed by atoms with Crippen LogP contribution in [0.5, 0.6) is 0 Å². The van der Waals surface area contributed by atoms with E-state index in [1.807, 2.05) is 12.1 Å². The molecule has 0 unspecified atom stereocenters. The van der Waals surface area contributed by atoms with Crippen molar-refractivity contribution >= 4 is 29.3 Å². The molecule has 4 nitrogen and oxygen atoms in total. The molecule has 0 radical (unpaired) electrons. The summed E-state index contributed by atoms with van der Waals surface area (Å²) in [5.74, 6) is 0. The van der Waals surface area contributed by atoms with E-state index < -0.39 is 6.09 Å². The van der Waals surface area contributed by atoms with Crippen molar-refractivity contribution < 1.29 is 9.90 Å². The number of hydrogen-bond donors (Lipinski definition) is 1. The predicted molar refractivity (Wildman–Crippen MR) is 71.3 cm³/mol.